The summed E-state index contributed by atoms with van der Waals surface area (Å²) < 4.78 is 0. The second-order valence-electron chi connectivity index (χ2n) is 8.50. The fraction of sp³-hybridized carbons (Fsp3) is 0.417. The number of nitriles is 1. The molecule has 1 aliphatic carbocycles. The summed E-state index contributed by atoms with van der Waals surface area (Å²) in [5.74, 6) is 0.559. The van der Waals surface area contributed by atoms with Crippen molar-refractivity contribution in [3.63, 3.8) is 0 Å². The van der Waals surface area contributed by atoms with Crippen molar-refractivity contribution in [2.45, 2.75) is 37.8 Å². The number of hydrogen-bond donors (Lipinski definition) is 0. The molecule has 3 aliphatic heterocycles. The largest absolute Gasteiger partial charge is 0.334 e. The van der Waals surface area contributed by atoms with Crippen molar-refractivity contribution in [3.05, 3.63) is 70.8 Å². The van der Waals surface area contributed by atoms with E-state index in [9.17, 15) is 10.1 Å². The Morgan fingerprint density at radius 3 is 2.36 bits per heavy atom. The van der Waals surface area contributed by atoms with Crippen molar-refractivity contribution < 1.29 is 4.79 Å². The first kappa shape index (κ1) is 17.5. The minimum atomic E-state index is 0.0309. The maximum absolute atomic E-state index is 13.3. The number of piperidine rings is 1. The number of fused-ring (bicyclic) bond motifs is 5. The van der Waals surface area contributed by atoms with E-state index in [4.69, 9.17) is 0 Å². The van der Waals surface area contributed by atoms with Crippen LogP contribution in [0.3, 0.4) is 0 Å². The van der Waals surface area contributed by atoms with E-state index >= 15 is 0 Å². The highest BCUT2D eigenvalue weighted by Gasteiger charge is 2.40. The van der Waals surface area contributed by atoms with Crippen LogP contribution >= 0.6 is 0 Å². The Bertz CT molecular complexity index is 922. The molecule has 0 unspecified atom stereocenters. The fourth-order valence-corrected chi connectivity index (χ4v) is 5.38. The molecule has 2 bridgehead atoms. The van der Waals surface area contributed by atoms with E-state index in [1.807, 2.05) is 12.1 Å². The standard InChI is InChI=1S/C24H25N3O/c25-13-20-7-3-4-8-23(20)24(28)27-15-17-9-10-21(27)16-26(14-17)22-11-18-5-1-2-6-19(18)12-22/h1-8,17,21-22H,9-12,14-16H2/t17-,21+/m0/s1. The topological polar surface area (TPSA) is 47.3 Å². The van der Waals surface area contributed by atoms with Gasteiger partial charge in [-0.3, -0.25) is 9.69 Å². The maximum Gasteiger partial charge on any atom is 0.255 e. The van der Waals surface area contributed by atoms with E-state index in [1.165, 1.54) is 17.5 Å². The molecule has 3 heterocycles. The Hall–Kier alpha value is -2.64. The van der Waals surface area contributed by atoms with Crippen LogP contribution in [0, 0.1) is 17.2 Å². The van der Waals surface area contributed by atoms with Gasteiger partial charge in [-0.1, -0.05) is 36.4 Å². The van der Waals surface area contributed by atoms with Crippen LogP contribution in [0.25, 0.3) is 0 Å². The SMILES string of the molecule is N#Cc1ccccc1C(=O)N1C[C@H]2CC[C@@H]1CN(C1Cc3ccccc3C1)C2. The van der Waals surface area contributed by atoms with Gasteiger partial charge in [-0.15, -0.1) is 0 Å². The molecule has 0 spiro atoms. The normalized spacial score (nSPS) is 24.6. The van der Waals surface area contributed by atoms with Crippen molar-refractivity contribution in [3.8, 4) is 6.07 Å². The second kappa shape index (κ2) is 7.07. The third-order valence-electron chi connectivity index (χ3n) is 6.83. The monoisotopic (exact) mass is 371 g/mol. The number of carbonyl (C=O) groups is 1. The van der Waals surface area contributed by atoms with Crippen molar-refractivity contribution in [1.29, 1.82) is 5.26 Å². The van der Waals surface area contributed by atoms with Gasteiger partial charge >= 0.3 is 0 Å². The van der Waals surface area contributed by atoms with E-state index in [0.29, 0.717) is 23.1 Å². The summed E-state index contributed by atoms with van der Waals surface area (Å²) in [5, 5.41) is 9.40. The third-order valence-corrected chi connectivity index (χ3v) is 6.83. The van der Waals surface area contributed by atoms with Gasteiger partial charge < -0.3 is 4.90 Å². The molecule has 1 amide bonds. The quantitative estimate of drug-likeness (QED) is 0.814. The average Bonchev–Trinajstić information content (AvgIpc) is 2.96. The van der Waals surface area contributed by atoms with Gasteiger partial charge in [0.25, 0.3) is 5.91 Å². The molecule has 28 heavy (non-hydrogen) atoms. The van der Waals surface area contributed by atoms with Crippen LogP contribution in [0.4, 0.5) is 0 Å². The molecular weight excluding hydrogens is 346 g/mol. The minimum Gasteiger partial charge on any atom is -0.334 e. The van der Waals surface area contributed by atoms with Gasteiger partial charge in [0.2, 0.25) is 0 Å². The molecule has 0 saturated carbocycles. The van der Waals surface area contributed by atoms with Gasteiger partial charge in [-0.2, -0.15) is 5.26 Å². The molecule has 4 nitrogen and oxygen atoms in total. The lowest BCUT2D eigenvalue weighted by molar-refractivity contribution is 0.0581. The lowest BCUT2D eigenvalue weighted by Crippen LogP contribution is -2.48. The van der Waals surface area contributed by atoms with Crippen LogP contribution in [0.1, 0.15) is 39.9 Å². The summed E-state index contributed by atoms with van der Waals surface area (Å²) in [7, 11) is 0. The van der Waals surface area contributed by atoms with Crippen molar-refractivity contribution in [2.24, 2.45) is 5.92 Å². The van der Waals surface area contributed by atoms with Gasteiger partial charge in [0.05, 0.1) is 17.2 Å². The number of hydrogen-bond acceptors (Lipinski definition) is 3. The highest BCUT2D eigenvalue weighted by Crippen LogP contribution is 2.33. The number of carbonyl (C=O) groups excluding carboxylic acids is 1. The van der Waals surface area contributed by atoms with Crippen LogP contribution < -0.4 is 0 Å². The van der Waals surface area contributed by atoms with Crippen LogP contribution in [-0.4, -0.2) is 47.4 Å². The predicted octanol–water partition coefficient (Wildman–Crippen LogP) is 3.26. The molecular formula is C24H25N3O. The van der Waals surface area contributed by atoms with Crippen LogP contribution in [0.2, 0.25) is 0 Å². The Labute approximate surface area is 166 Å². The van der Waals surface area contributed by atoms with E-state index < -0.39 is 0 Å². The minimum absolute atomic E-state index is 0.0309. The van der Waals surface area contributed by atoms with Crippen molar-refractivity contribution >= 4 is 5.91 Å². The Kier molecular flexibility index (Phi) is 4.41. The summed E-state index contributed by atoms with van der Waals surface area (Å²) in [4.78, 5) is 18.0. The summed E-state index contributed by atoms with van der Waals surface area (Å²) in [6, 6.07) is 19.0. The van der Waals surface area contributed by atoms with Crippen LogP contribution in [-0.2, 0) is 12.8 Å². The molecule has 0 radical (unpaired) electrons. The van der Waals surface area contributed by atoms with E-state index in [2.05, 4.69) is 40.1 Å². The molecule has 2 atom stereocenters. The van der Waals surface area contributed by atoms with E-state index in [0.717, 1.165) is 38.9 Å². The van der Waals surface area contributed by atoms with Gasteiger partial charge in [-0.05, 0) is 54.9 Å². The summed E-state index contributed by atoms with van der Waals surface area (Å²) in [5.41, 5.74) is 4.01. The van der Waals surface area contributed by atoms with Crippen LogP contribution in [0.5, 0.6) is 0 Å². The Morgan fingerprint density at radius 1 is 0.893 bits per heavy atom. The highest BCUT2D eigenvalue weighted by molar-refractivity contribution is 5.97. The molecule has 4 aliphatic rings. The molecule has 6 rings (SSSR count). The summed E-state index contributed by atoms with van der Waals surface area (Å²) in [6.45, 7) is 2.86. The Morgan fingerprint density at radius 2 is 1.61 bits per heavy atom. The zero-order valence-corrected chi connectivity index (χ0v) is 16.1. The molecule has 2 aromatic carbocycles. The second-order valence-corrected chi connectivity index (χ2v) is 8.50. The van der Waals surface area contributed by atoms with Gasteiger partial charge in [0.1, 0.15) is 0 Å². The lowest BCUT2D eigenvalue weighted by Gasteiger charge is -2.36. The molecule has 142 valence electrons. The number of rotatable bonds is 2. The number of amides is 1. The van der Waals surface area contributed by atoms with Gasteiger partial charge in [0, 0.05) is 31.7 Å². The summed E-state index contributed by atoms with van der Waals surface area (Å²) >= 11 is 0. The first-order valence-corrected chi connectivity index (χ1v) is 10.3. The van der Waals surface area contributed by atoms with Crippen LogP contribution in [0.15, 0.2) is 48.5 Å². The Balaban J connectivity index is 1.36. The number of benzene rings is 2. The van der Waals surface area contributed by atoms with Gasteiger partial charge in [0.15, 0.2) is 0 Å². The average molecular weight is 371 g/mol. The molecule has 3 fully saturated rings. The zero-order chi connectivity index (χ0) is 19.1. The van der Waals surface area contributed by atoms with Gasteiger partial charge in [-0.25, -0.2) is 0 Å². The first-order chi connectivity index (χ1) is 13.7. The molecule has 2 aromatic rings. The maximum atomic E-state index is 13.3. The molecule has 0 N–H and O–H groups in total. The number of nitrogens with zero attached hydrogens (tertiary/aromatic N) is 3. The fourth-order valence-electron chi connectivity index (χ4n) is 5.38. The molecule has 4 heteroatoms. The van der Waals surface area contributed by atoms with E-state index in [1.54, 1.807) is 12.1 Å². The highest BCUT2D eigenvalue weighted by atomic mass is 16.2. The first-order valence-electron chi connectivity index (χ1n) is 10.3. The van der Waals surface area contributed by atoms with Crippen molar-refractivity contribution in [2.75, 3.05) is 19.6 Å². The van der Waals surface area contributed by atoms with Crippen molar-refractivity contribution in [1.82, 2.24) is 9.80 Å². The lowest BCUT2D eigenvalue weighted by atomic mass is 9.93. The van der Waals surface area contributed by atoms with E-state index in [-0.39, 0.29) is 11.9 Å². The molecule has 0 aromatic heterocycles. The molecule has 3 saturated heterocycles. The summed E-state index contributed by atoms with van der Waals surface area (Å²) in [6.07, 6.45) is 4.52. The smallest absolute Gasteiger partial charge is 0.255 e. The third kappa shape index (κ3) is 3.00. The zero-order valence-electron chi connectivity index (χ0n) is 16.1. The predicted molar refractivity (Wildman–Crippen MR) is 108 cm³/mol.